The third-order valence-corrected chi connectivity index (χ3v) is 5.15. The van der Waals surface area contributed by atoms with E-state index < -0.39 is 0 Å². The van der Waals surface area contributed by atoms with Crippen molar-refractivity contribution in [2.24, 2.45) is 0 Å². The van der Waals surface area contributed by atoms with E-state index in [0.717, 1.165) is 42.5 Å². The average molecular weight is 399 g/mol. The summed E-state index contributed by atoms with van der Waals surface area (Å²) in [5.74, 6) is 1.47. The molecule has 1 aliphatic rings. The maximum absolute atomic E-state index is 12.6. The Morgan fingerprint density at radius 3 is 2.21 bits per heavy atom. The molecule has 0 aromatic heterocycles. The molecule has 2 aromatic carbocycles. The van der Waals surface area contributed by atoms with Gasteiger partial charge in [-0.2, -0.15) is 0 Å². The highest BCUT2D eigenvalue weighted by molar-refractivity contribution is 5.89. The van der Waals surface area contributed by atoms with E-state index in [1.54, 1.807) is 14.2 Å². The van der Waals surface area contributed by atoms with Gasteiger partial charge in [0.2, 0.25) is 0 Å². The Kier molecular flexibility index (Phi) is 6.82. The van der Waals surface area contributed by atoms with E-state index in [9.17, 15) is 4.79 Å². The van der Waals surface area contributed by atoms with Crippen LogP contribution < -0.4 is 19.7 Å². The van der Waals surface area contributed by atoms with Gasteiger partial charge in [0.15, 0.2) is 11.5 Å². The first-order valence-corrected chi connectivity index (χ1v) is 9.76. The molecular formula is C22H30N4O3. The van der Waals surface area contributed by atoms with E-state index in [1.165, 1.54) is 5.56 Å². The first-order valence-electron chi connectivity index (χ1n) is 9.76. The van der Waals surface area contributed by atoms with Crippen molar-refractivity contribution >= 4 is 17.4 Å². The molecule has 7 heteroatoms. The standard InChI is InChI=1S/C22H30N4O3/c1-24(2)19-8-6-18(7-9-19)23-22(27)26-13-11-25(12-14-26)16-17-5-10-20(28-3)21(15-17)29-4/h5-10,15H,11-14,16H2,1-4H3,(H,23,27). The van der Waals surface area contributed by atoms with Crippen molar-refractivity contribution in [2.45, 2.75) is 6.54 Å². The Morgan fingerprint density at radius 1 is 0.966 bits per heavy atom. The number of benzene rings is 2. The van der Waals surface area contributed by atoms with Gasteiger partial charge in [-0.25, -0.2) is 4.79 Å². The lowest BCUT2D eigenvalue weighted by Crippen LogP contribution is -2.49. The minimum absolute atomic E-state index is 0.0478. The average Bonchev–Trinajstić information content (AvgIpc) is 2.74. The molecule has 1 aliphatic heterocycles. The minimum Gasteiger partial charge on any atom is -0.493 e. The molecule has 0 saturated carbocycles. The number of methoxy groups -OCH3 is 2. The van der Waals surface area contributed by atoms with Crippen LogP contribution in [0.3, 0.4) is 0 Å². The van der Waals surface area contributed by atoms with Crippen LogP contribution in [0.15, 0.2) is 42.5 Å². The Labute approximate surface area is 172 Å². The monoisotopic (exact) mass is 398 g/mol. The molecular weight excluding hydrogens is 368 g/mol. The number of carbonyl (C=O) groups is 1. The summed E-state index contributed by atoms with van der Waals surface area (Å²) in [7, 11) is 7.27. The maximum atomic E-state index is 12.6. The number of anilines is 2. The van der Waals surface area contributed by atoms with Crippen LogP contribution in [0.25, 0.3) is 0 Å². The number of nitrogens with zero attached hydrogens (tertiary/aromatic N) is 3. The smallest absolute Gasteiger partial charge is 0.321 e. The van der Waals surface area contributed by atoms with Crippen molar-refractivity contribution < 1.29 is 14.3 Å². The Balaban J connectivity index is 1.50. The second kappa shape index (κ2) is 9.52. The van der Waals surface area contributed by atoms with Crippen LogP contribution >= 0.6 is 0 Å². The quantitative estimate of drug-likeness (QED) is 0.810. The van der Waals surface area contributed by atoms with Crippen LogP contribution in [0.5, 0.6) is 11.5 Å². The van der Waals surface area contributed by atoms with Crippen molar-refractivity contribution in [3.05, 3.63) is 48.0 Å². The van der Waals surface area contributed by atoms with Crippen LogP contribution in [0.1, 0.15) is 5.56 Å². The van der Waals surface area contributed by atoms with Crippen LogP contribution in [0.2, 0.25) is 0 Å². The maximum Gasteiger partial charge on any atom is 0.321 e. The summed E-state index contributed by atoms with van der Waals surface area (Å²) in [6.45, 7) is 3.90. The van der Waals surface area contributed by atoms with Crippen molar-refractivity contribution in [3.63, 3.8) is 0 Å². The number of piperazine rings is 1. The summed E-state index contributed by atoms with van der Waals surface area (Å²) in [6.07, 6.45) is 0. The topological polar surface area (TPSA) is 57.3 Å². The molecule has 1 fully saturated rings. The number of carbonyl (C=O) groups excluding carboxylic acids is 1. The highest BCUT2D eigenvalue weighted by Crippen LogP contribution is 2.28. The zero-order valence-corrected chi connectivity index (χ0v) is 17.6. The summed E-state index contributed by atoms with van der Waals surface area (Å²) < 4.78 is 10.7. The molecule has 29 heavy (non-hydrogen) atoms. The van der Waals surface area contributed by atoms with E-state index in [2.05, 4.69) is 16.3 Å². The molecule has 0 bridgehead atoms. The Bertz CT molecular complexity index is 815. The van der Waals surface area contributed by atoms with Gasteiger partial charge >= 0.3 is 6.03 Å². The van der Waals surface area contributed by atoms with Crippen molar-refractivity contribution in [1.82, 2.24) is 9.80 Å². The van der Waals surface area contributed by atoms with Gasteiger partial charge in [0.05, 0.1) is 14.2 Å². The van der Waals surface area contributed by atoms with Crippen LogP contribution in [0, 0.1) is 0 Å². The zero-order valence-electron chi connectivity index (χ0n) is 17.6. The molecule has 2 aromatic rings. The van der Waals surface area contributed by atoms with Crippen LogP contribution in [-0.2, 0) is 6.54 Å². The summed E-state index contributed by atoms with van der Waals surface area (Å²) in [5.41, 5.74) is 3.08. The minimum atomic E-state index is -0.0478. The van der Waals surface area contributed by atoms with E-state index in [-0.39, 0.29) is 6.03 Å². The van der Waals surface area contributed by atoms with Crippen molar-refractivity contribution in [1.29, 1.82) is 0 Å². The predicted molar refractivity (Wildman–Crippen MR) is 116 cm³/mol. The summed E-state index contributed by atoms with van der Waals surface area (Å²) >= 11 is 0. The first kappa shape index (κ1) is 20.8. The molecule has 0 atom stereocenters. The molecule has 0 radical (unpaired) electrons. The van der Waals surface area contributed by atoms with Crippen LogP contribution in [-0.4, -0.2) is 70.3 Å². The molecule has 3 rings (SSSR count). The van der Waals surface area contributed by atoms with E-state index in [0.29, 0.717) is 13.1 Å². The summed E-state index contributed by atoms with van der Waals surface area (Å²) in [4.78, 5) is 18.8. The van der Waals surface area contributed by atoms with Crippen LogP contribution in [0.4, 0.5) is 16.2 Å². The van der Waals surface area contributed by atoms with Gasteiger partial charge in [0.25, 0.3) is 0 Å². The number of hydrogen-bond acceptors (Lipinski definition) is 5. The second-order valence-electron chi connectivity index (χ2n) is 7.32. The van der Waals surface area contributed by atoms with Crippen molar-refractivity contribution in [3.8, 4) is 11.5 Å². The third kappa shape index (κ3) is 5.32. The number of nitrogens with one attached hydrogen (secondary N) is 1. The largest absolute Gasteiger partial charge is 0.493 e. The summed E-state index contributed by atoms with van der Waals surface area (Å²) in [5, 5.41) is 2.99. The second-order valence-corrected chi connectivity index (χ2v) is 7.32. The lowest BCUT2D eigenvalue weighted by molar-refractivity contribution is 0.143. The van der Waals surface area contributed by atoms with Crippen molar-refractivity contribution in [2.75, 3.05) is 64.7 Å². The molecule has 0 spiro atoms. The Morgan fingerprint density at radius 2 is 1.62 bits per heavy atom. The van der Waals surface area contributed by atoms with E-state index in [4.69, 9.17) is 9.47 Å². The van der Waals surface area contributed by atoms with Gasteiger partial charge < -0.3 is 24.6 Å². The molecule has 0 aliphatic carbocycles. The fourth-order valence-corrected chi connectivity index (χ4v) is 3.39. The number of amides is 2. The summed E-state index contributed by atoms with van der Waals surface area (Å²) in [6, 6.07) is 13.8. The highest BCUT2D eigenvalue weighted by Gasteiger charge is 2.21. The highest BCUT2D eigenvalue weighted by atomic mass is 16.5. The lowest BCUT2D eigenvalue weighted by Gasteiger charge is -2.34. The number of rotatable bonds is 6. The van der Waals surface area contributed by atoms with Gasteiger partial charge in [0.1, 0.15) is 0 Å². The van der Waals surface area contributed by atoms with Gasteiger partial charge in [-0.15, -0.1) is 0 Å². The normalized spacial score (nSPS) is 14.4. The SMILES string of the molecule is COc1ccc(CN2CCN(C(=O)Nc3ccc(N(C)C)cc3)CC2)cc1OC. The van der Waals surface area contributed by atoms with Gasteiger partial charge in [-0.05, 0) is 42.0 Å². The fraction of sp³-hybridized carbons (Fsp3) is 0.409. The Hall–Kier alpha value is -2.93. The molecule has 0 unspecified atom stereocenters. The molecule has 2 amide bonds. The fourth-order valence-electron chi connectivity index (χ4n) is 3.39. The third-order valence-electron chi connectivity index (χ3n) is 5.15. The number of ether oxygens (including phenoxy) is 2. The van der Waals surface area contributed by atoms with E-state index >= 15 is 0 Å². The molecule has 7 nitrogen and oxygen atoms in total. The number of urea groups is 1. The number of hydrogen-bond donors (Lipinski definition) is 1. The predicted octanol–water partition coefficient (Wildman–Crippen LogP) is 3.12. The molecule has 1 saturated heterocycles. The lowest BCUT2D eigenvalue weighted by atomic mass is 10.1. The molecule has 1 N–H and O–H groups in total. The first-order chi connectivity index (χ1) is 14.0. The zero-order chi connectivity index (χ0) is 20.8. The molecule has 156 valence electrons. The van der Waals surface area contributed by atoms with E-state index in [1.807, 2.05) is 60.3 Å². The van der Waals surface area contributed by atoms with Gasteiger partial charge in [-0.3, -0.25) is 4.90 Å². The molecule has 1 heterocycles. The van der Waals surface area contributed by atoms with Gasteiger partial charge in [-0.1, -0.05) is 6.07 Å². The van der Waals surface area contributed by atoms with Gasteiger partial charge in [0, 0.05) is 58.2 Å².